The Labute approximate surface area is 229 Å². The molecule has 0 unspecified atom stereocenters. The van der Waals surface area contributed by atoms with E-state index in [1.54, 1.807) is 26.2 Å². The zero-order chi connectivity index (χ0) is 27.8. The van der Waals surface area contributed by atoms with E-state index in [2.05, 4.69) is 26.5 Å². The molecule has 1 atom stereocenters. The number of methoxy groups -OCH3 is 1. The van der Waals surface area contributed by atoms with Crippen LogP contribution in [0.1, 0.15) is 32.4 Å². The second kappa shape index (κ2) is 13.2. The molecule has 10 nitrogen and oxygen atoms in total. The number of benzene rings is 2. The molecule has 2 aromatic rings. The van der Waals surface area contributed by atoms with Crippen molar-refractivity contribution < 1.29 is 28.5 Å². The number of para-hydroxylation sites is 2. The van der Waals surface area contributed by atoms with Crippen LogP contribution >= 0.6 is 0 Å². The molecular formula is C29H38N4O6. The average molecular weight is 539 g/mol. The van der Waals surface area contributed by atoms with Crippen molar-refractivity contribution in [3.8, 4) is 17.2 Å². The number of anilines is 1. The van der Waals surface area contributed by atoms with E-state index in [0.717, 1.165) is 37.6 Å². The first kappa shape index (κ1) is 28.1. The molecule has 0 radical (unpaired) electrons. The minimum absolute atomic E-state index is 0.223. The molecule has 4 rings (SSSR count). The number of carbonyl (C=O) groups excluding carboxylic acids is 2. The summed E-state index contributed by atoms with van der Waals surface area (Å²) in [5.41, 5.74) is 2.69. The summed E-state index contributed by atoms with van der Waals surface area (Å²) in [6.45, 7) is 10.5. The highest BCUT2D eigenvalue weighted by atomic mass is 16.5. The third kappa shape index (κ3) is 6.57. The van der Waals surface area contributed by atoms with E-state index in [0.29, 0.717) is 48.1 Å². The monoisotopic (exact) mass is 538 g/mol. The lowest BCUT2D eigenvalue weighted by molar-refractivity contribution is -0.139. The van der Waals surface area contributed by atoms with Crippen molar-refractivity contribution in [3.63, 3.8) is 0 Å². The van der Waals surface area contributed by atoms with E-state index in [4.69, 9.17) is 18.9 Å². The molecule has 0 saturated carbocycles. The number of hydrogen-bond acceptors (Lipinski definition) is 8. The van der Waals surface area contributed by atoms with Gasteiger partial charge in [-0.05, 0) is 50.6 Å². The van der Waals surface area contributed by atoms with Crippen LogP contribution in [0.4, 0.5) is 10.5 Å². The summed E-state index contributed by atoms with van der Waals surface area (Å²) in [7, 11) is 1.56. The number of nitrogens with one attached hydrogen (secondary N) is 2. The van der Waals surface area contributed by atoms with Gasteiger partial charge in [-0.1, -0.05) is 18.2 Å². The van der Waals surface area contributed by atoms with Crippen LogP contribution < -0.4 is 29.7 Å². The fourth-order valence-corrected chi connectivity index (χ4v) is 4.95. The van der Waals surface area contributed by atoms with Crippen molar-refractivity contribution in [1.82, 2.24) is 15.5 Å². The van der Waals surface area contributed by atoms with Crippen LogP contribution in [0.5, 0.6) is 17.2 Å². The largest absolute Gasteiger partial charge is 0.493 e. The number of amides is 2. The third-order valence-electron chi connectivity index (χ3n) is 6.73. The van der Waals surface area contributed by atoms with Crippen molar-refractivity contribution >= 4 is 17.7 Å². The van der Waals surface area contributed by atoms with Crippen molar-refractivity contribution in [2.45, 2.75) is 26.8 Å². The summed E-state index contributed by atoms with van der Waals surface area (Å²) >= 11 is 0. The zero-order valence-electron chi connectivity index (χ0n) is 23.1. The maximum Gasteiger partial charge on any atom is 0.338 e. The van der Waals surface area contributed by atoms with Crippen LogP contribution in [0.3, 0.4) is 0 Å². The first-order valence-electron chi connectivity index (χ1n) is 13.5. The molecule has 1 saturated heterocycles. The van der Waals surface area contributed by atoms with Gasteiger partial charge in [0.1, 0.15) is 5.75 Å². The average Bonchev–Trinajstić information content (AvgIpc) is 2.94. The Morgan fingerprint density at radius 3 is 2.33 bits per heavy atom. The molecule has 0 bridgehead atoms. The molecule has 0 spiro atoms. The van der Waals surface area contributed by atoms with E-state index in [1.807, 2.05) is 38.1 Å². The minimum Gasteiger partial charge on any atom is -0.493 e. The van der Waals surface area contributed by atoms with Gasteiger partial charge in [0.15, 0.2) is 11.5 Å². The van der Waals surface area contributed by atoms with Gasteiger partial charge in [0.25, 0.3) is 0 Å². The molecule has 39 heavy (non-hydrogen) atoms. The Morgan fingerprint density at radius 2 is 1.64 bits per heavy atom. The molecule has 0 aliphatic carbocycles. The lowest BCUT2D eigenvalue weighted by atomic mass is 9.94. The van der Waals surface area contributed by atoms with Gasteiger partial charge < -0.3 is 34.5 Å². The third-order valence-corrected chi connectivity index (χ3v) is 6.73. The molecule has 2 aromatic carbocycles. The van der Waals surface area contributed by atoms with Crippen LogP contribution in [0.15, 0.2) is 53.7 Å². The Hall–Kier alpha value is -3.92. The quantitative estimate of drug-likeness (QED) is 0.420. The Kier molecular flexibility index (Phi) is 9.54. The number of hydrogen-bond donors (Lipinski definition) is 2. The first-order chi connectivity index (χ1) is 19.0. The van der Waals surface area contributed by atoms with Crippen LogP contribution in [-0.2, 0) is 9.53 Å². The number of carbonyl (C=O) groups is 2. The smallest absolute Gasteiger partial charge is 0.338 e. The van der Waals surface area contributed by atoms with Gasteiger partial charge in [-0.15, -0.1) is 0 Å². The number of urea groups is 1. The molecule has 2 aliphatic heterocycles. The van der Waals surface area contributed by atoms with Crippen LogP contribution in [0.25, 0.3) is 0 Å². The van der Waals surface area contributed by atoms with Crippen molar-refractivity contribution in [2.75, 3.05) is 64.6 Å². The Bertz CT molecular complexity index is 1190. The van der Waals surface area contributed by atoms with E-state index in [9.17, 15) is 9.59 Å². The maximum atomic E-state index is 13.2. The van der Waals surface area contributed by atoms with E-state index in [1.165, 1.54) is 0 Å². The van der Waals surface area contributed by atoms with Crippen molar-refractivity contribution in [3.05, 3.63) is 59.3 Å². The summed E-state index contributed by atoms with van der Waals surface area (Å²) in [4.78, 5) is 30.5. The second-order valence-electron chi connectivity index (χ2n) is 9.15. The summed E-state index contributed by atoms with van der Waals surface area (Å²) < 4.78 is 22.4. The van der Waals surface area contributed by atoms with Crippen molar-refractivity contribution in [2.24, 2.45) is 0 Å². The van der Waals surface area contributed by atoms with E-state index in [-0.39, 0.29) is 12.6 Å². The van der Waals surface area contributed by atoms with Crippen LogP contribution in [0, 0.1) is 0 Å². The van der Waals surface area contributed by atoms with E-state index < -0.39 is 12.0 Å². The fraction of sp³-hybridized carbons (Fsp3) is 0.448. The van der Waals surface area contributed by atoms with Gasteiger partial charge in [-0.3, -0.25) is 4.90 Å². The predicted molar refractivity (Wildman–Crippen MR) is 148 cm³/mol. The van der Waals surface area contributed by atoms with Gasteiger partial charge in [0, 0.05) is 38.4 Å². The molecule has 10 heteroatoms. The normalized spacial score (nSPS) is 17.8. The summed E-state index contributed by atoms with van der Waals surface area (Å²) in [6.07, 6.45) is 0. The minimum atomic E-state index is -0.697. The lowest BCUT2D eigenvalue weighted by Gasteiger charge is -2.38. The van der Waals surface area contributed by atoms with Crippen molar-refractivity contribution in [1.29, 1.82) is 0 Å². The molecule has 2 heterocycles. The molecule has 1 fully saturated rings. The predicted octanol–water partition coefficient (Wildman–Crippen LogP) is 3.49. The molecule has 2 N–H and O–H groups in total. The fourth-order valence-electron chi connectivity index (χ4n) is 4.95. The highest BCUT2D eigenvalue weighted by molar-refractivity contribution is 5.95. The van der Waals surface area contributed by atoms with E-state index >= 15 is 0 Å². The number of ether oxygens (including phenoxy) is 4. The molecule has 0 aromatic heterocycles. The number of esters is 1. The first-order valence-corrected chi connectivity index (χ1v) is 13.5. The Balaban J connectivity index is 1.58. The molecule has 2 aliphatic rings. The summed E-state index contributed by atoms with van der Waals surface area (Å²) in [6, 6.07) is 12.4. The molecular weight excluding hydrogens is 500 g/mol. The van der Waals surface area contributed by atoms with Gasteiger partial charge in [0.05, 0.1) is 44.2 Å². The standard InChI is InChI=1S/C29H38N4O6/c1-5-37-23-11-9-8-10-22(23)33-16-14-32(15-17-33)19-21-26(28(34)39-7-3)27(31-29(35)30-21)20-12-13-24(38-6-2)25(18-20)36-4/h8-13,18,27H,5-7,14-17,19H2,1-4H3,(H2,30,31,35)/t27-/m0/s1. The zero-order valence-corrected chi connectivity index (χ0v) is 23.1. The number of nitrogens with zero attached hydrogens (tertiary/aromatic N) is 2. The molecule has 210 valence electrons. The highest BCUT2D eigenvalue weighted by Crippen LogP contribution is 2.35. The highest BCUT2D eigenvalue weighted by Gasteiger charge is 2.35. The van der Waals surface area contributed by atoms with Gasteiger partial charge in [-0.25, -0.2) is 9.59 Å². The number of rotatable bonds is 11. The van der Waals surface area contributed by atoms with Crippen LogP contribution in [0.2, 0.25) is 0 Å². The SMILES string of the molecule is CCOC(=O)C1=C(CN2CCN(c3ccccc3OCC)CC2)NC(=O)N[C@H]1c1ccc(OCC)c(OC)c1. The summed E-state index contributed by atoms with van der Waals surface area (Å²) in [5.74, 6) is 1.52. The summed E-state index contributed by atoms with van der Waals surface area (Å²) in [5, 5.41) is 5.77. The molecule has 2 amide bonds. The van der Waals surface area contributed by atoms with Gasteiger partial charge in [-0.2, -0.15) is 0 Å². The number of piperazine rings is 1. The second-order valence-corrected chi connectivity index (χ2v) is 9.15. The maximum absolute atomic E-state index is 13.2. The van der Waals surface area contributed by atoms with Crippen LogP contribution in [-0.4, -0.2) is 76.6 Å². The Morgan fingerprint density at radius 1 is 0.923 bits per heavy atom. The van der Waals surface area contributed by atoms with Gasteiger partial charge >= 0.3 is 12.0 Å². The topological polar surface area (TPSA) is 102 Å². The lowest BCUT2D eigenvalue weighted by Crippen LogP contribution is -2.51. The van der Waals surface area contributed by atoms with Gasteiger partial charge in [0.2, 0.25) is 0 Å².